The number of rotatable bonds is 4. The van der Waals surface area contributed by atoms with Gasteiger partial charge < -0.3 is 0 Å². The van der Waals surface area contributed by atoms with Crippen LogP contribution in [0.3, 0.4) is 0 Å². The van der Waals surface area contributed by atoms with Crippen LogP contribution in [0.1, 0.15) is 0 Å². The molecular weight excluding hydrogens is 571 g/mol. The minimum Gasteiger partial charge on any atom is -0.298 e. The molecule has 0 saturated heterocycles. The molecular formula is C44H27N3. The molecule has 7 aromatic carbocycles. The maximum absolute atomic E-state index is 5.17. The fraction of sp³-hybridized carbons (Fsp3) is 0. The summed E-state index contributed by atoms with van der Waals surface area (Å²) in [5.41, 5.74) is 9.65. The first-order valence-electron chi connectivity index (χ1n) is 16.0. The van der Waals surface area contributed by atoms with Gasteiger partial charge in [0.25, 0.3) is 0 Å². The van der Waals surface area contributed by atoms with Crippen LogP contribution in [0.4, 0.5) is 0 Å². The van der Waals surface area contributed by atoms with Crippen LogP contribution < -0.4 is 0 Å². The summed E-state index contributed by atoms with van der Waals surface area (Å²) in [5, 5.41) is 10.1. The van der Waals surface area contributed by atoms with Crippen molar-refractivity contribution in [1.82, 2.24) is 14.4 Å². The summed E-state index contributed by atoms with van der Waals surface area (Å²) in [6.07, 6.45) is 3.96. The highest BCUT2D eigenvalue weighted by molar-refractivity contribution is 6.25. The van der Waals surface area contributed by atoms with Crippen molar-refractivity contribution in [3.63, 3.8) is 0 Å². The first-order chi connectivity index (χ1) is 23.3. The second-order valence-corrected chi connectivity index (χ2v) is 12.2. The van der Waals surface area contributed by atoms with Gasteiger partial charge in [0.15, 0.2) is 0 Å². The highest BCUT2D eigenvalue weighted by Crippen LogP contribution is 2.40. The van der Waals surface area contributed by atoms with Crippen LogP contribution in [-0.2, 0) is 0 Å². The summed E-state index contributed by atoms with van der Waals surface area (Å²) >= 11 is 0. The fourth-order valence-electron chi connectivity index (χ4n) is 7.40. The summed E-state index contributed by atoms with van der Waals surface area (Å²) in [6, 6.07) is 54.5. The molecule has 10 rings (SSSR count). The molecule has 3 heterocycles. The largest absolute Gasteiger partial charge is 0.298 e. The topological polar surface area (TPSA) is 30.2 Å². The summed E-state index contributed by atoms with van der Waals surface area (Å²) in [5.74, 6) is 0. The first kappa shape index (κ1) is 26.0. The summed E-state index contributed by atoms with van der Waals surface area (Å²) in [7, 11) is 0. The summed E-state index contributed by atoms with van der Waals surface area (Å²) in [4.78, 5) is 9.86. The quantitative estimate of drug-likeness (QED) is 0.189. The van der Waals surface area contributed by atoms with Crippen molar-refractivity contribution in [3.8, 4) is 44.9 Å². The molecule has 0 fully saturated rings. The lowest BCUT2D eigenvalue weighted by atomic mass is 9.89. The highest BCUT2D eigenvalue weighted by Gasteiger charge is 2.19. The molecule has 47 heavy (non-hydrogen) atoms. The predicted molar refractivity (Wildman–Crippen MR) is 196 cm³/mol. The Labute approximate surface area is 271 Å². The fourth-order valence-corrected chi connectivity index (χ4v) is 7.40. The third-order valence-electron chi connectivity index (χ3n) is 9.62. The van der Waals surface area contributed by atoms with E-state index in [2.05, 4.69) is 149 Å². The van der Waals surface area contributed by atoms with Crippen LogP contribution >= 0.6 is 0 Å². The number of hydrogen-bond acceptors (Lipinski definition) is 2. The first-order valence-corrected chi connectivity index (χ1v) is 16.0. The zero-order chi connectivity index (χ0) is 30.9. The van der Waals surface area contributed by atoms with Crippen molar-refractivity contribution in [1.29, 1.82) is 0 Å². The molecule has 0 atom stereocenters. The zero-order valence-electron chi connectivity index (χ0n) is 25.4. The van der Waals surface area contributed by atoms with E-state index in [1.807, 2.05) is 24.4 Å². The van der Waals surface area contributed by atoms with E-state index in [1.165, 1.54) is 60.0 Å². The van der Waals surface area contributed by atoms with E-state index < -0.39 is 0 Å². The Kier molecular flexibility index (Phi) is 5.57. The summed E-state index contributed by atoms with van der Waals surface area (Å²) in [6.45, 7) is 0. The van der Waals surface area contributed by atoms with Crippen LogP contribution in [-0.4, -0.2) is 14.4 Å². The monoisotopic (exact) mass is 597 g/mol. The van der Waals surface area contributed by atoms with Crippen LogP contribution in [0, 0.1) is 0 Å². The van der Waals surface area contributed by atoms with E-state index in [9.17, 15) is 0 Å². The van der Waals surface area contributed by atoms with E-state index in [-0.39, 0.29) is 0 Å². The van der Waals surface area contributed by atoms with Gasteiger partial charge in [-0.25, -0.2) is 4.98 Å². The average Bonchev–Trinajstić information content (AvgIpc) is 3.55. The number of pyridine rings is 2. The van der Waals surface area contributed by atoms with Gasteiger partial charge in [0.05, 0.1) is 11.4 Å². The Hall–Kier alpha value is -6.32. The van der Waals surface area contributed by atoms with Gasteiger partial charge in [-0.1, -0.05) is 127 Å². The third kappa shape index (κ3) is 4.00. The van der Waals surface area contributed by atoms with Gasteiger partial charge in [-0.15, -0.1) is 0 Å². The zero-order valence-corrected chi connectivity index (χ0v) is 25.4. The molecule has 10 aromatic rings. The maximum Gasteiger partial charge on any atom is 0.145 e. The van der Waals surface area contributed by atoms with Gasteiger partial charge in [0, 0.05) is 23.3 Å². The van der Waals surface area contributed by atoms with Crippen molar-refractivity contribution < 1.29 is 0 Å². The standard InChI is InChI=1S/C44H27N3/c1-2-12-37-29(7-1)24-26-47-43(42(46-44(37)47)39-13-3-4-25-45-39)33-18-14-28(15-19-33)34-10-6-11-35(27-34)36-22-20-32-17-16-30-8-5-9-31-21-23-38(36)41(32)40(30)31/h1-27H. The number of nitrogens with zero attached hydrogens (tertiary/aromatic N) is 3. The van der Waals surface area contributed by atoms with Crippen LogP contribution in [0.2, 0.25) is 0 Å². The molecule has 0 radical (unpaired) electrons. The molecule has 3 heteroatoms. The van der Waals surface area contributed by atoms with Gasteiger partial charge in [-0.3, -0.25) is 9.38 Å². The molecule has 3 nitrogen and oxygen atoms in total. The Bertz CT molecular complexity index is 2760. The number of hydrogen-bond donors (Lipinski definition) is 0. The number of aromatic nitrogens is 3. The molecule has 0 amide bonds. The molecule has 0 aliphatic carbocycles. The molecule has 0 unspecified atom stereocenters. The predicted octanol–water partition coefficient (Wildman–Crippen LogP) is 11.4. The van der Waals surface area contributed by atoms with Crippen molar-refractivity contribution in [2.24, 2.45) is 0 Å². The molecule has 0 saturated carbocycles. The second kappa shape index (κ2) is 10.1. The van der Waals surface area contributed by atoms with E-state index in [1.54, 1.807) is 0 Å². The van der Waals surface area contributed by atoms with Crippen LogP contribution in [0.5, 0.6) is 0 Å². The molecule has 0 aliphatic heterocycles. The minimum atomic E-state index is 0.861. The number of benzene rings is 7. The molecule has 3 aromatic heterocycles. The lowest BCUT2D eigenvalue weighted by Gasteiger charge is -2.15. The normalized spacial score (nSPS) is 11.8. The average molecular weight is 598 g/mol. The van der Waals surface area contributed by atoms with E-state index in [0.717, 1.165) is 33.7 Å². The maximum atomic E-state index is 5.17. The number of fused-ring (bicyclic) bond motifs is 3. The van der Waals surface area contributed by atoms with Crippen molar-refractivity contribution in [2.45, 2.75) is 0 Å². The van der Waals surface area contributed by atoms with E-state index >= 15 is 0 Å². The second-order valence-electron chi connectivity index (χ2n) is 12.2. The lowest BCUT2D eigenvalue weighted by molar-refractivity contribution is 1.21. The molecule has 0 aliphatic rings. The molecule has 0 bridgehead atoms. The SMILES string of the molecule is c1ccc(-c2nc3c4ccccc4ccn3c2-c2ccc(-c3cccc(-c4ccc5ccc6cccc7ccc4c5c67)c3)cc2)nc1. The highest BCUT2D eigenvalue weighted by atomic mass is 15.0. The minimum absolute atomic E-state index is 0.861. The molecule has 0 N–H and O–H groups in total. The third-order valence-corrected chi connectivity index (χ3v) is 9.62. The van der Waals surface area contributed by atoms with Crippen LogP contribution in [0.25, 0.3) is 93.6 Å². The lowest BCUT2D eigenvalue weighted by Crippen LogP contribution is -1.91. The van der Waals surface area contributed by atoms with Gasteiger partial charge in [-0.2, -0.15) is 0 Å². The Morgan fingerprint density at radius 3 is 2.00 bits per heavy atom. The smallest absolute Gasteiger partial charge is 0.145 e. The Morgan fingerprint density at radius 1 is 0.447 bits per heavy atom. The number of imidazole rings is 1. The van der Waals surface area contributed by atoms with Gasteiger partial charge >= 0.3 is 0 Å². The van der Waals surface area contributed by atoms with E-state index in [4.69, 9.17) is 4.98 Å². The van der Waals surface area contributed by atoms with Crippen molar-refractivity contribution in [3.05, 3.63) is 164 Å². The van der Waals surface area contributed by atoms with Crippen molar-refractivity contribution in [2.75, 3.05) is 0 Å². The van der Waals surface area contributed by atoms with Crippen LogP contribution in [0.15, 0.2) is 164 Å². The Morgan fingerprint density at radius 2 is 1.15 bits per heavy atom. The Balaban J connectivity index is 1.09. The van der Waals surface area contributed by atoms with E-state index in [0.29, 0.717) is 0 Å². The van der Waals surface area contributed by atoms with Crippen molar-refractivity contribution >= 4 is 48.7 Å². The molecule has 218 valence electrons. The van der Waals surface area contributed by atoms with Gasteiger partial charge in [-0.05, 0) is 84.2 Å². The van der Waals surface area contributed by atoms with Gasteiger partial charge in [0.2, 0.25) is 0 Å². The van der Waals surface area contributed by atoms with Gasteiger partial charge in [0.1, 0.15) is 11.3 Å². The summed E-state index contributed by atoms with van der Waals surface area (Å²) < 4.78 is 2.20. The molecule has 0 spiro atoms.